The fourth-order valence-corrected chi connectivity index (χ4v) is 1.89. The van der Waals surface area contributed by atoms with E-state index in [-0.39, 0.29) is 0 Å². The van der Waals surface area contributed by atoms with Gasteiger partial charge in [-0.25, -0.2) is 0 Å². The molecule has 0 spiro atoms. The molecule has 0 amide bonds. The van der Waals surface area contributed by atoms with E-state index >= 15 is 0 Å². The van der Waals surface area contributed by atoms with E-state index in [1.807, 2.05) is 26.0 Å². The molecule has 2 N–H and O–H groups in total. The number of benzene rings is 1. The average Bonchev–Trinajstić information content (AvgIpc) is 2.46. The van der Waals surface area contributed by atoms with Crippen LogP contribution in [0.25, 0.3) is 0 Å². The average molecular weight is 262 g/mol. The van der Waals surface area contributed by atoms with Gasteiger partial charge in [0.05, 0.1) is 18.3 Å². The molecule has 0 aliphatic carbocycles. The Kier molecular flexibility index (Phi) is 5.81. The van der Waals surface area contributed by atoms with E-state index in [0.717, 1.165) is 18.4 Å². The van der Waals surface area contributed by atoms with Gasteiger partial charge in [0.25, 0.3) is 0 Å². The van der Waals surface area contributed by atoms with Crippen LogP contribution in [0.4, 0.5) is 0 Å². The SMILES string of the molecule is CCC(O)(CC)CNCc1ccc(OC)c(C#N)c1. The molecule has 104 valence electrons. The minimum atomic E-state index is -0.648. The van der Waals surface area contributed by atoms with Gasteiger partial charge in [-0.2, -0.15) is 5.26 Å². The van der Waals surface area contributed by atoms with Gasteiger partial charge in [-0.3, -0.25) is 0 Å². The Hall–Kier alpha value is -1.57. The first-order valence-electron chi connectivity index (χ1n) is 6.58. The summed E-state index contributed by atoms with van der Waals surface area (Å²) >= 11 is 0. The highest BCUT2D eigenvalue weighted by molar-refractivity contribution is 5.45. The van der Waals surface area contributed by atoms with E-state index in [9.17, 15) is 5.11 Å². The second-order valence-corrected chi connectivity index (χ2v) is 4.68. The van der Waals surface area contributed by atoms with Crippen molar-refractivity contribution < 1.29 is 9.84 Å². The number of rotatable bonds is 7. The van der Waals surface area contributed by atoms with E-state index in [4.69, 9.17) is 10.00 Å². The number of nitrogens with zero attached hydrogens (tertiary/aromatic N) is 1. The van der Waals surface area contributed by atoms with Gasteiger partial charge in [0.2, 0.25) is 0 Å². The summed E-state index contributed by atoms with van der Waals surface area (Å²) in [5.41, 5.74) is 0.889. The van der Waals surface area contributed by atoms with Crippen molar-refractivity contribution in [3.05, 3.63) is 29.3 Å². The molecule has 4 nitrogen and oxygen atoms in total. The number of hydrogen-bond acceptors (Lipinski definition) is 4. The van der Waals surface area contributed by atoms with Crippen molar-refractivity contribution >= 4 is 0 Å². The smallest absolute Gasteiger partial charge is 0.136 e. The lowest BCUT2D eigenvalue weighted by molar-refractivity contribution is 0.0323. The van der Waals surface area contributed by atoms with E-state index in [2.05, 4.69) is 11.4 Å². The normalized spacial score (nSPS) is 11.1. The predicted molar refractivity (Wildman–Crippen MR) is 74.9 cm³/mol. The number of nitriles is 1. The minimum Gasteiger partial charge on any atom is -0.495 e. The largest absolute Gasteiger partial charge is 0.495 e. The molecule has 0 aliphatic heterocycles. The van der Waals surface area contributed by atoms with E-state index in [1.54, 1.807) is 13.2 Å². The fourth-order valence-electron chi connectivity index (χ4n) is 1.89. The number of nitrogens with one attached hydrogen (secondary N) is 1. The zero-order chi connectivity index (χ0) is 14.3. The van der Waals surface area contributed by atoms with Crippen LogP contribution in [0.5, 0.6) is 5.75 Å². The lowest BCUT2D eigenvalue weighted by Crippen LogP contribution is -2.39. The Morgan fingerprint density at radius 3 is 2.58 bits per heavy atom. The molecule has 0 unspecified atom stereocenters. The second kappa shape index (κ2) is 7.13. The monoisotopic (exact) mass is 262 g/mol. The summed E-state index contributed by atoms with van der Waals surface area (Å²) in [6, 6.07) is 7.64. The molecule has 1 aromatic rings. The van der Waals surface area contributed by atoms with Crippen molar-refractivity contribution in [3.8, 4) is 11.8 Å². The molecule has 0 aliphatic rings. The minimum absolute atomic E-state index is 0.531. The Balaban J connectivity index is 2.62. The maximum atomic E-state index is 10.2. The molecule has 19 heavy (non-hydrogen) atoms. The van der Waals surface area contributed by atoms with Gasteiger partial charge < -0.3 is 15.2 Å². The molecule has 0 aromatic heterocycles. The zero-order valence-corrected chi connectivity index (χ0v) is 11.9. The van der Waals surface area contributed by atoms with Crippen LogP contribution in [0.3, 0.4) is 0 Å². The summed E-state index contributed by atoms with van der Waals surface area (Å²) < 4.78 is 5.10. The maximum absolute atomic E-state index is 10.2. The topological polar surface area (TPSA) is 65.3 Å². The molecule has 0 saturated heterocycles. The quantitative estimate of drug-likeness (QED) is 0.790. The number of aliphatic hydroxyl groups is 1. The third-order valence-electron chi connectivity index (χ3n) is 3.48. The summed E-state index contributed by atoms with van der Waals surface area (Å²) in [4.78, 5) is 0. The molecule has 1 rings (SSSR count). The predicted octanol–water partition coefficient (Wildman–Crippen LogP) is 2.21. The fraction of sp³-hybridized carbons (Fsp3) is 0.533. The van der Waals surface area contributed by atoms with Gasteiger partial charge in [-0.05, 0) is 30.5 Å². The van der Waals surface area contributed by atoms with Gasteiger partial charge in [0.15, 0.2) is 0 Å². The van der Waals surface area contributed by atoms with E-state index in [0.29, 0.717) is 24.4 Å². The van der Waals surface area contributed by atoms with Crippen LogP contribution in [0.15, 0.2) is 18.2 Å². The molecule has 1 aromatic carbocycles. The van der Waals surface area contributed by atoms with Crippen LogP contribution in [0.1, 0.15) is 37.8 Å². The summed E-state index contributed by atoms with van der Waals surface area (Å²) in [6.07, 6.45) is 1.45. The molecule has 0 saturated carbocycles. The van der Waals surface area contributed by atoms with E-state index < -0.39 is 5.60 Å². The summed E-state index contributed by atoms with van der Waals surface area (Å²) in [6.45, 7) is 5.13. The van der Waals surface area contributed by atoms with Gasteiger partial charge in [-0.1, -0.05) is 19.9 Å². The van der Waals surface area contributed by atoms with Crippen LogP contribution < -0.4 is 10.1 Å². The van der Waals surface area contributed by atoms with Gasteiger partial charge in [0, 0.05) is 13.1 Å². The molecular weight excluding hydrogens is 240 g/mol. The molecule has 0 radical (unpaired) electrons. The summed E-state index contributed by atoms with van der Waals surface area (Å²) in [7, 11) is 1.55. The Labute approximate surface area is 115 Å². The lowest BCUT2D eigenvalue weighted by atomic mass is 9.97. The number of methoxy groups -OCH3 is 1. The molecule has 0 heterocycles. The van der Waals surface area contributed by atoms with Crippen molar-refractivity contribution in [3.63, 3.8) is 0 Å². The highest BCUT2D eigenvalue weighted by atomic mass is 16.5. The standard InChI is InChI=1S/C15H22N2O2/c1-4-15(18,5-2)11-17-10-12-6-7-14(19-3)13(8-12)9-16/h6-8,17-18H,4-5,10-11H2,1-3H3. The van der Waals surface area contributed by atoms with Crippen molar-refractivity contribution in [2.24, 2.45) is 0 Å². The Bertz CT molecular complexity index is 448. The van der Waals surface area contributed by atoms with Crippen molar-refractivity contribution in [1.29, 1.82) is 5.26 Å². The van der Waals surface area contributed by atoms with Crippen LogP contribution in [-0.4, -0.2) is 24.4 Å². The van der Waals surface area contributed by atoms with E-state index in [1.165, 1.54) is 0 Å². The van der Waals surface area contributed by atoms with Gasteiger partial charge in [-0.15, -0.1) is 0 Å². The first-order valence-corrected chi connectivity index (χ1v) is 6.58. The van der Waals surface area contributed by atoms with Crippen LogP contribution in [0.2, 0.25) is 0 Å². The van der Waals surface area contributed by atoms with Gasteiger partial charge in [0.1, 0.15) is 11.8 Å². The van der Waals surface area contributed by atoms with Crippen LogP contribution in [-0.2, 0) is 6.54 Å². The Morgan fingerprint density at radius 1 is 1.37 bits per heavy atom. The maximum Gasteiger partial charge on any atom is 0.136 e. The number of ether oxygens (including phenoxy) is 1. The van der Waals surface area contributed by atoms with Crippen molar-refractivity contribution in [2.75, 3.05) is 13.7 Å². The summed E-state index contributed by atoms with van der Waals surface area (Å²) in [5.74, 6) is 0.588. The first-order chi connectivity index (χ1) is 9.08. The van der Waals surface area contributed by atoms with Crippen molar-refractivity contribution in [2.45, 2.75) is 38.8 Å². The zero-order valence-electron chi connectivity index (χ0n) is 11.9. The molecule has 0 fully saturated rings. The lowest BCUT2D eigenvalue weighted by Gasteiger charge is -2.25. The number of hydrogen-bond donors (Lipinski definition) is 2. The van der Waals surface area contributed by atoms with Gasteiger partial charge >= 0.3 is 0 Å². The van der Waals surface area contributed by atoms with Crippen molar-refractivity contribution in [1.82, 2.24) is 5.32 Å². The molecule has 0 bridgehead atoms. The second-order valence-electron chi connectivity index (χ2n) is 4.68. The van der Waals surface area contributed by atoms with Crippen LogP contribution in [0, 0.1) is 11.3 Å². The molecule has 4 heteroatoms. The first kappa shape index (κ1) is 15.5. The summed E-state index contributed by atoms with van der Waals surface area (Å²) in [5, 5.41) is 22.4. The highest BCUT2D eigenvalue weighted by Crippen LogP contribution is 2.19. The third kappa shape index (κ3) is 4.23. The molecular formula is C15H22N2O2. The highest BCUT2D eigenvalue weighted by Gasteiger charge is 2.21. The molecule has 0 atom stereocenters. The third-order valence-corrected chi connectivity index (χ3v) is 3.48. The Morgan fingerprint density at radius 2 is 2.05 bits per heavy atom. The van der Waals surface area contributed by atoms with Crippen LogP contribution >= 0.6 is 0 Å².